The first-order valence-electron chi connectivity index (χ1n) is 16.8. The molecule has 3 saturated heterocycles. The van der Waals surface area contributed by atoms with Crippen LogP contribution in [0.3, 0.4) is 0 Å². The fourth-order valence-corrected chi connectivity index (χ4v) is 6.15. The number of benzene rings is 2. The van der Waals surface area contributed by atoms with E-state index in [-0.39, 0.29) is 40.0 Å². The van der Waals surface area contributed by atoms with E-state index in [0.717, 1.165) is 25.7 Å². The van der Waals surface area contributed by atoms with Crippen LogP contribution in [0.1, 0.15) is 87.9 Å². The van der Waals surface area contributed by atoms with E-state index in [1.807, 2.05) is 41.5 Å². The maximum Gasteiger partial charge on any atom is 0.497 e. The SMILES string of the molecule is CCOC[C@H]1CCCN1C(=O)c1cccc(B(O)O)c1F.CCOC[C@H]1CCCN1C(=O)c1cccc(B2OC(C)(C)C(C)(C)O2)c1F. The number of hydrogen-bond donors (Lipinski definition) is 2. The van der Waals surface area contributed by atoms with E-state index in [1.165, 1.54) is 24.3 Å². The summed E-state index contributed by atoms with van der Waals surface area (Å²) < 4.78 is 52.2. The smallest absolute Gasteiger partial charge is 0.423 e. The molecule has 0 radical (unpaired) electrons. The summed E-state index contributed by atoms with van der Waals surface area (Å²) in [5, 5.41) is 18.2. The fraction of sp³-hybridized carbons (Fsp3) is 0.588. The Hall–Kier alpha value is -2.87. The Morgan fingerprint density at radius 2 is 1.29 bits per heavy atom. The van der Waals surface area contributed by atoms with Gasteiger partial charge in [-0.25, -0.2) is 8.78 Å². The Kier molecular flexibility index (Phi) is 12.8. The van der Waals surface area contributed by atoms with Gasteiger partial charge in [0.2, 0.25) is 0 Å². The first kappa shape index (κ1) is 37.9. The molecule has 5 rings (SSSR count). The van der Waals surface area contributed by atoms with Gasteiger partial charge in [-0.1, -0.05) is 24.3 Å². The molecule has 2 aromatic carbocycles. The Morgan fingerprint density at radius 1 is 0.833 bits per heavy atom. The summed E-state index contributed by atoms with van der Waals surface area (Å²) in [5.74, 6) is -2.17. The maximum absolute atomic E-state index is 15.3. The van der Waals surface area contributed by atoms with Crippen LogP contribution >= 0.6 is 0 Å². The van der Waals surface area contributed by atoms with Crippen molar-refractivity contribution in [2.75, 3.05) is 39.5 Å². The molecule has 0 saturated carbocycles. The highest BCUT2D eigenvalue weighted by Crippen LogP contribution is 2.37. The average Bonchev–Trinajstić information content (AvgIpc) is 3.76. The molecule has 10 nitrogen and oxygen atoms in total. The summed E-state index contributed by atoms with van der Waals surface area (Å²) in [4.78, 5) is 28.8. The van der Waals surface area contributed by atoms with Crippen LogP contribution in [0, 0.1) is 11.6 Å². The number of halogens is 2. The lowest BCUT2D eigenvalue weighted by atomic mass is 9.77. The molecule has 2 atom stereocenters. The summed E-state index contributed by atoms with van der Waals surface area (Å²) >= 11 is 0. The zero-order valence-corrected chi connectivity index (χ0v) is 28.8. The van der Waals surface area contributed by atoms with Crippen LogP contribution in [0.2, 0.25) is 0 Å². The molecule has 0 spiro atoms. The number of nitrogens with zero attached hydrogens (tertiary/aromatic N) is 2. The van der Waals surface area contributed by atoms with Crippen LogP contribution in [0.4, 0.5) is 8.78 Å². The molecule has 14 heteroatoms. The number of likely N-dealkylation sites (tertiary alicyclic amines) is 2. The predicted molar refractivity (Wildman–Crippen MR) is 179 cm³/mol. The molecular formula is C34H48B2F2N2O8. The van der Waals surface area contributed by atoms with E-state index < -0.39 is 43.0 Å². The molecule has 3 fully saturated rings. The quantitative estimate of drug-likeness (QED) is 0.371. The molecule has 262 valence electrons. The number of rotatable bonds is 10. The largest absolute Gasteiger partial charge is 0.497 e. The van der Waals surface area contributed by atoms with Gasteiger partial charge in [0.05, 0.1) is 47.6 Å². The van der Waals surface area contributed by atoms with Crippen LogP contribution in [0.5, 0.6) is 0 Å². The molecule has 2 amide bonds. The highest BCUT2D eigenvalue weighted by atomic mass is 19.1. The average molecular weight is 672 g/mol. The van der Waals surface area contributed by atoms with Gasteiger partial charge >= 0.3 is 14.2 Å². The summed E-state index contributed by atoms with van der Waals surface area (Å²) in [5.41, 5.74) is -1.24. The fourth-order valence-electron chi connectivity index (χ4n) is 6.15. The van der Waals surface area contributed by atoms with E-state index in [2.05, 4.69) is 0 Å². The molecule has 3 aliphatic heterocycles. The van der Waals surface area contributed by atoms with Crippen molar-refractivity contribution in [2.45, 2.75) is 90.5 Å². The number of amides is 2. The second kappa shape index (κ2) is 16.2. The van der Waals surface area contributed by atoms with Crippen molar-refractivity contribution in [3.05, 3.63) is 59.2 Å². The predicted octanol–water partition coefficient (Wildman–Crippen LogP) is 2.91. The van der Waals surface area contributed by atoms with Crippen molar-refractivity contribution in [3.8, 4) is 0 Å². The van der Waals surface area contributed by atoms with Crippen molar-refractivity contribution >= 4 is 37.0 Å². The van der Waals surface area contributed by atoms with Gasteiger partial charge in [0.15, 0.2) is 0 Å². The van der Waals surface area contributed by atoms with Crippen molar-refractivity contribution in [1.29, 1.82) is 0 Å². The molecule has 3 heterocycles. The summed E-state index contributed by atoms with van der Waals surface area (Å²) in [6, 6.07) is 8.83. The van der Waals surface area contributed by atoms with Crippen LogP contribution in [-0.4, -0.2) is 109 Å². The summed E-state index contributed by atoms with van der Waals surface area (Å²) in [7, 11) is -2.77. The van der Waals surface area contributed by atoms with Gasteiger partial charge in [-0.3, -0.25) is 9.59 Å². The zero-order valence-electron chi connectivity index (χ0n) is 28.8. The Labute approximate surface area is 283 Å². The number of ether oxygens (including phenoxy) is 2. The zero-order chi connectivity index (χ0) is 35.2. The maximum atomic E-state index is 15.3. The molecule has 2 N–H and O–H groups in total. The monoisotopic (exact) mass is 672 g/mol. The third-order valence-corrected chi connectivity index (χ3v) is 9.61. The minimum Gasteiger partial charge on any atom is -0.423 e. The summed E-state index contributed by atoms with van der Waals surface area (Å²) in [6.45, 7) is 14.8. The third-order valence-electron chi connectivity index (χ3n) is 9.61. The lowest BCUT2D eigenvalue weighted by Gasteiger charge is -2.32. The topological polar surface area (TPSA) is 118 Å². The van der Waals surface area contributed by atoms with Gasteiger partial charge < -0.3 is 38.6 Å². The van der Waals surface area contributed by atoms with Crippen molar-refractivity contribution < 1.29 is 47.2 Å². The summed E-state index contributed by atoms with van der Waals surface area (Å²) in [6.07, 6.45) is 3.47. The van der Waals surface area contributed by atoms with Gasteiger partial charge in [0.1, 0.15) is 11.6 Å². The van der Waals surface area contributed by atoms with Crippen LogP contribution in [0.25, 0.3) is 0 Å². The van der Waals surface area contributed by atoms with E-state index in [0.29, 0.717) is 39.5 Å². The van der Waals surface area contributed by atoms with Gasteiger partial charge in [-0.05, 0) is 79.4 Å². The number of carbonyl (C=O) groups excluding carboxylic acids is 2. The highest BCUT2D eigenvalue weighted by Gasteiger charge is 2.52. The van der Waals surface area contributed by atoms with Gasteiger partial charge in [0, 0.05) is 37.2 Å². The lowest BCUT2D eigenvalue weighted by Crippen LogP contribution is -2.41. The first-order chi connectivity index (χ1) is 22.7. The molecule has 0 bridgehead atoms. The second-order valence-electron chi connectivity index (χ2n) is 13.3. The Morgan fingerprint density at radius 3 is 1.75 bits per heavy atom. The molecule has 0 aliphatic carbocycles. The Balaban J connectivity index is 0.000000224. The van der Waals surface area contributed by atoms with Crippen molar-refractivity contribution in [3.63, 3.8) is 0 Å². The number of carbonyl (C=O) groups is 2. The van der Waals surface area contributed by atoms with E-state index in [1.54, 1.807) is 21.9 Å². The van der Waals surface area contributed by atoms with E-state index in [9.17, 15) is 14.0 Å². The van der Waals surface area contributed by atoms with Gasteiger partial charge in [0.25, 0.3) is 11.8 Å². The molecule has 0 unspecified atom stereocenters. The third kappa shape index (κ3) is 8.28. The van der Waals surface area contributed by atoms with Crippen LogP contribution in [-0.2, 0) is 18.8 Å². The van der Waals surface area contributed by atoms with Crippen molar-refractivity contribution in [2.24, 2.45) is 0 Å². The minimum atomic E-state index is -1.93. The van der Waals surface area contributed by atoms with Crippen LogP contribution < -0.4 is 10.9 Å². The molecule has 3 aliphatic rings. The van der Waals surface area contributed by atoms with Crippen LogP contribution in [0.15, 0.2) is 36.4 Å². The Bertz CT molecular complexity index is 1410. The number of hydrogen-bond acceptors (Lipinski definition) is 8. The molecular weight excluding hydrogens is 624 g/mol. The minimum absolute atomic E-state index is 0.00245. The second-order valence-corrected chi connectivity index (χ2v) is 13.3. The molecule has 48 heavy (non-hydrogen) atoms. The highest BCUT2D eigenvalue weighted by molar-refractivity contribution is 6.62. The van der Waals surface area contributed by atoms with Gasteiger partial charge in [-0.15, -0.1) is 0 Å². The standard InChI is InChI=1S/C20H29BFNO4.C14H19BFNO4/c1-6-25-13-14-9-8-12-23(14)18(24)15-10-7-11-16(17(15)22)21-26-19(2,3)20(4,5)27-21;1-2-21-9-10-5-4-8-17(10)14(18)11-6-3-7-12(13(11)16)15(19)20/h7,10-11,14H,6,8-9,12-13H2,1-5H3;3,6-7,10,19-20H,2,4-5,8-9H2,1H3/t14-;10-/m11/s1. The molecule has 2 aromatic rings. The normalized spacial score (nSPS) is 21.3. The lowest BCUT2D eigenvalue weighted by molar-refractivity contribution is 0.00578. The first-order valence-corrected chi connectivity index (χ1v) is 16.8. The van der Waals surface area contributed by atoms with Crippen molar-refractivity contribution in [1.82, 2.24) is 9.80 Å². The van der Waals surface area contributed by atoms with Gasteiger partial charge in [-0.2, -0.15) is 0 Å². The van der Waals surface area contributed by atoms with E-state index in [4.69, 9.17) is 28.8 Å². The van der Waals surface area contributed by atoms with E-state index >= 15 is 4.39 Å². The molecule has 0 aromatic heterocycles.